The van der Waals surface area contributed by atoms with Gasteiger partial charge in [0.2, 0.25) is 5.91 Å². The van der Waals surface area contributed by atoms with Gasteiger partial charge in [-0.15, -0.1) is 0 Å². The van der Waals surface area contributed by atoms with Gasteiger partial charge >= 0.3 is 0 Å². The lowest BCUT2D eigenvalue weighted by Crippen LogP contribution is -2.51. The fraction of sp³-hybridized carbons (Fsp3) is 0.529. The summed E-state index contributed by atoms with van der Waals surface area (Å²) >= 11 is 11.9. The molecule has 0 radical (unpaired) electrons. The summed E-state index contributed by atoms with van der Waals surface area (Å²) in [5.74, 6) is 0.184. The largest absolute Gasteiger partial charge is 0.482 e. The van der Waals surface area contributed by atoms with Crippen molar-refractivity contribution in [3.8, 4) is 5.75 Å². The summed E-state index contributed by atoms with van der Waals surface area (Å²) in [6.45, 7) is 2.66. The summed E-state index contributed by atoms with van der Waals surface area (Å²) in [5.41, 5.74) is 0. The molecular weight excluding hydrogens is 367 g/mol. The Labute approximate surface area is 156 Å². The van der Waals surface area contributed by atoms with E-state index in [-0.39, 0.29) is 18.4 Å². The highest BCUT2D eigenvalue weighted by molar-refractivity contribution is 6.35. The summed E-state index contributed by atoms with van der Waals surface area (Å²) in [5, 5.41) is 0.849. The first-order chi connectivity index (χ1) is 12.1. The third kappa shape index (κ3) is 4.37. The second-order valence-electron chi connectivity index (χ2n) is 6.05. The smallest absolute Gasteiger partial charge is 0.261 e. The third-order valence-corrected chi connectivity index (χ3v) is 4.96. The van der Waals surface area contributed by atoms with E-state index in [1.807, 2.05) is 0 Å². The van der Waals surface area contributed by atoms with Crippen LogP contribution >= 0.6 is 23.2 Å². The van der Waals surface area contributed by atoms with Crippen molar-refractivity contribution in [2.24, 2.45) is 0 Å². The quantitative estimate of drug-likeness (QED) is 0.795. The van der Waals surface area contributed by atoms with Crippen LogP contribution in [-0.4, -0.2) is 67.1 Å². The van der Waals surface area contributed by atoms with Crippen LogP contribution in [-0.2, 0) is 14.3 Å². The number of morpholine rings is 1. The van der Waals surface area contributed by atoms with E-state index in [2.05, 4.69) is 0 Å². The molecule has 0 unspecified atom stereocenters. The molecule has 0 N–H and O–H groups in total. The molecule has 2 heterocycles. The summed E-state index contributed by atoms with van der Waals surface area (Å²) < 4.78 is 10.8. The number of halogens is 2. The molecule has 25 heavy (non-hydrogen) atoms. The van der Waals surface area contributed by atoms with Gasteiger partial charge < -0.3 is 19.3 Å². The molecule has 0 aliphatic carbocycles. The Bertz CT molecular complexity index is 650. The van der Waals surface area contributed by atoms with Gasteiger partial charge in [-0.3, -0.25) is 9.59 Å². The molecule has 2 saturated heterocycles. The molecule has 1 aromatic rings. The molecule has 136 valence electrons. The van der Waals surface area contributed by atoms with Crippen molar-refractivity contribution < 1.29 is 19.1 Å². The molecule has 2 aliphatic heterocycles. The van der Waals surface area contributed by atoms with E-state index in [9.17, 15) is 9.59 Å². The van der Waals surface area contributed by atoms with Crippen LogP contribution in [0.1, 0.15) is 12.8 Å². The first-order valence-electron chi connectivity index (χ1n) is 8.30. The first kappa shape index (κ1) is 18.3. The van der Waals surface area contributed by atoms with Crippen molar-refractivity contribution >= 4 is 35.0 Å². The van der Waals surface area contributed by atoms with Gasteiger partial charge in [0, 0.05) is 24.7 Å². The number of carbonyl (C=O) groups excluding carboxylic acids is 2. The monoisotopic (exact) mass is 386 g/mol. The van der Waals surface area contributed by atoms with Gasteiger partial charge in [-0.2, -0.15) is 0 Å². The predicted octanol–water partition coefficient (Wildman–Crippen LogP) is 2.22. The van der Waals surface area contributed by atoms with Gasteiger partial charge in [-0.25, -0.2) is 0 Å². The fourth-order valence-electron chi connectivity index (χ4n) is 3.13. The molecule has 1 aromatic carbocycles. The fourth-order valence-corrected chi connectivity index (χ4v) is 3.59. The highest BCUT2D eigenvalue weighted by Crippen LogP contribution is 2.28. The number of rotatable bonds is 4. The van der Waals surface area contributed by atoms with Crippen molar-refractivity contribution in [3.05, 3.63) is 28.2 Å². The average molecular weight is 387 g/mol. The highest BCUT2D eigenvalue weighted by Gasteiger charge is 2.37. The number of ether oxygens (including phenoxy) is 2. The van der Waals surface area contributed by atoms with E-state index < -0.39 is 6.04 Å². The Morgan fingerprint density at radius 3 is 2.68 bits per heavy atom. The number of hydrogen-bond donors (Lipinski definition) is 0. The third-order valence-electron chi connectivity index (χ3n) is 4.43. The number of amides is 2. The van der Waals surface area contributed by atoms with Crippen molar-refractivity contribution in [2.75, 3.05) is 39.5 Å². The standard InChI is InChI=1S/C17H20Cl2N2O4/c18-12-3-4-15(13(19)10-12)25-11-16(22)21-5-1-2-14(21)17(23)20-6-8-24-9-7-20/h3-4,10,14H,1-2,5-9,11H2/t14-/m0/s1. The molecule has 1 atom stereocenters. The lowest BCUT2D eigenvalue weighted by atomic mass is 10.2. The Kier molecular flexibility index (Phi) is 6.04. The molecule has 3 rings (SSSR count). The van der Waals surface area contributed by atoms with Crippen LogP contribution in [0, 0.1) is 0 Å². The Balaban J connectivity index is 1.59. The van der Waals surface area contributed by atoms with Crippen molar-refractivity contribution in [1.82, 2.24) is 9.80 Å². The molecule has 2 aliphatic rings. The molecule has 6 nitrogen and oxygen atoms in total. The van der Waals surface area contributed by atoms with Crippen LogP contribution in [0.15, 0.2) is 18.2 Å². The maximum atomic E-state index is 12.7. The molecule has 2 fully saturated rings. The summed E-state index contributed by atoms with van der Waals surface area (Å²) in [7, 11) is 0. The van der Waals surface area contributed by atoms with E-state index in [1.165, 1.54) is 0 Å². The molecule has 0 spiro atoms. The predicted molar refractivity (Wildman–Crippen MR) is 94.1 cm³/mol. The van der Waals surface area contributed by atoms with Crippen molar-refractivity contribution in [2.45, 2.75) is 18.9 Å². The van der Waals surface area contributed by atoms with Crippen LogP contribution in [0.25, 0.3) is 0 Å². The second-order valence-corrected chi connectivity index (χ2v) is 6.89. The number of likely N-dealkylation sites (tertiary alicyclic amines) is 1. The van der Waals surface area contributed by atoms with Crippen LogP contribution in [0.2, 0.25) is 10.0 Å². The SMILES string of the molecule is O=C([C@@H]1CCCN1C(=O)COc1ccc(Cl)cc1Cl)N1CCOCC1. The van der Waals surface area contributed by atoms with Crippen molar-refractivity contribution in [3.63, 3.8) is 0 Å². The normalized spacial score (nSPS) is 20.6. The number of hydrogen-bond acceptors (Lipinski definition) is 4. The second kappa shape index (κ2) is 8.25. The van der Waals surface area contributed by atoms with Crippen LogP contribution in [0.4, 0.5) is 0 Å². The minimum atomic E-state index is -0.408. The number of nitrogens with zero attached hydrogens (tertiary/aromatic N) is 2. The summed E-state index contributed by atoms with van der Waals surface area (Å²) in [6, 6.07) is 4.42. The van der Waals surface area contributed by atoms with Crippen LogP contribution in [0.3, 0.4) is 0 Å². The summed E-state index contributed by atoms with van der Waals surface area (Å²) in [6.07, 6.45) is 1.50. The first-order valence-corrected chi connectivity index (χ1v) is 9.05. The lowest BCUT2D eigenvalue weighted by molar-refractivity contribution is -0.147. The van der Waals surface area contributed by atoms with Crippen molar-refractivity contribution in [1.29, 1.82) is 0 Å². The highest BCUT2D eigenvalue weighted by atomic mass is 35.5. The zero-order valence-electron chi connectivity index (χ0n) is 13.7. The van der Waals surface area contributed by atoms with Gasteiger partial charge in [-0.1, -0.05) is 23.2 Å². The van der Waals surface area contributed by atoms with E-state index >= 15 is 0 Å². The van der Waals surface area contributed by atoms with Gasteiger partial charge in [-0.05, 0) is 31.0 Å². The molecule has 0 aromatic heterocycles. The van der Waals surface area contributed by atoms with Gasteiger partial charge in [0.25, 0.3) is 5.91 Å². The van der Waals surface area contributed by atoms with E-state index in [4.69, 9.17) is 32.7 Å². The number of carbonyl (C=O) groups is 2. The Morgan fingerprint density at radius 1 is 1.20 bits per heavy atom. The van der Waals surface area contributed by atoms with E-state index in [0.29, 0.717) is 55.1 Å². The van der Waals surface area contributed by atoms with Gasteiger partial charge in [0.15, 0.2) is 6.61 Å². The number of benzene rings is 1. The molecule has 2 amide bonds. The Hall–Kier alpha value is -1.50. The topological polar surface area (TPSA) is 59.1 Å². The molecular formula is C17H20Cl2N2O4. The van der Waals surface area contributed by atoms with E-state index in [0.717, 1.165) is 6.42 Å². The van der Waals surface area contributed by atoms with Crippen LogP contribution < -0.4 is 4.74 Å². The van der Waals surface area contributed by atoms with E-state index in [1.54, 1.807) is 28.0 Å². The van der Waals surface area contributed by atoms with Crippen LogP contribution in [0.5, 0.6) is 5.75 Å². The molecule has 8 heteroatoms. The zero-order valence-corrected chi connectivity index (χ0v) is 15.3. The molecule has 0 bridgehead atoms. The zero-order chi connectivity index (χ0) is 17.8. The lowest BCUT2D eigenvalue weighted by Gasteiger charge is -2.32. The molecule has 0 saturated carbocycles. The average Bonchev–Trinajstić information content (AvgIpc) is 3.10. The van der Waals surface area contributed by atoms with Gasteiger partial charge in [0.1, 0.15) is 11.8 Å². The maximum Gasteiger partial charge on any atom is 0.261 e. The minimum absolute atomic E-state index is 0.00123. The maximum absolute atomic E-state index is 12.7. The van der Waals surface area contributed by atoms with Gasteiger partial charge in [0.05, 0.1) is 18.2 Å². The summed E-state index contributed by atoms with van der Waals surface area (Å²) in [4.78, 5) is 28.6. The minimum Gasteiger partial charge on any atom is -0.482 e. The Morgan fingerprint density at radius 2 is 1.96 bits per heavy atom.